The number of ether oxygens (including phenoxy) is 4. The number of carbonyl (C=O) groups excluding carboxylic acids is 4. The first-order valence-electron chi connectivity index (χ1n) is 42.0. The quantitative estimate of drug-likeness (QED) is 0.0143. The average Bonchev–Trinajstić information content (AvgIpc) is 0.932. The summed E-state index contributed by atoms with van der Waals surface area (Å²) in [5.41, 5.74) is 0. The number of aliphatic hydroxyl groups excluding tert-OH is 4. The zero-order chi connectivity index (χ0) is 75.4. The van der Waals surface area contributed by atoms with Crippen LogP contribution in [0.4, 0.5) is 0 Å². The number of unbranched alkanes of at least 4 members (excludes halogenated alkanes) is 52. The lowest BCUT2D eigenvalue weighted by molar-refractivity contribution is -0.161. The van der Waals surface area contributed by atoms with Gasteiger partial charge in [0.1, 0.15) is 25.4 Å². The van der Waals surface area contributed by atoms with Crippen molar-refractivity contribution in [2.75, 3.05) is 52.9 Å². The molecule has 0 aromatic carbocycles. The number of rotatable bonds is 80. The maximum absolute atomic E-state index is 12.6. The van der Waals surface area contributed by atoms with Crippen LogP contribution in [0, 0.1) is 0 Å². The van der Waals surface area contributed by atoms with Crippen LogP contribution in [0.1, 0.15) is 413 Å². The number of carbonyl (C=O) groups is 4. The van der Waals surface area contributed by atoms with E-state index in [1.165, 1.54) is 270 Å². The molecule has 0 radical (unpaired) electrons. The third-order valence-electron chi connectivity index (χ3n) is 18.5. The van der Waals surface area contributed by atoms with Crippen LogP contribution >= 0.6 is 15.6 Å². The molecule has 0 aromatic rings. The second-order valence-electron chi connectivity index (χ2n) is 28.8. The van der Waals surface area contributed by atoms with Crippen molar-refractivity contribution in [2.24, 2.45) is 0 Å². The van der Waals surface area contributed by atoms with Crippen molar-refractivity contribution in [2.45, 2.75) is 437 Å². The van der Waals surface area contributed by atoms with Gasteiger partial charge in [0.2, 0.25) is 0 Å². The molecule has 4 unspecified atom stereocenters. The molecule has 608 valence electrons. The van der Waals surface area contributed by atoms with Gasteiger partial charge in [0.05, 0.1) is 39.6 Å². The summed E-state index contributed by atoms with van der Waals surface area (Å²) < 4.78 is 65.3. The van der Waals surface area contributed by atoms with Crippen molar-refractivity contribution in [3.63, 3.8) is 0 Å². The van der Waals surface area contributed by atoms with Gasteiger partial charge in [-0.15, -0.1) is 0 Å². The fraction of sp³-hybridized carbons (Fsp3) is 0.950. The van der Waals surface area contributed by atoms with Crippen molar-refractivity contribution in [1.29, 1.82) is 0 Å². The van der Waals surface area contributed by atoms with Gasteiger partial charge >= 0.3 is 39.5 Å². The van der Waals surface area contributed by atoms with E-state index in [-0.39, 0.29) is 38.9 Å². The Labute approximate surface area is 622 Å². The van der Waals surface area contributed by atoms with E-state index in [1.54, 1.807) is 0 Å². The van der Waals surface area contributed by atoms with E-state index in [0.717, 1.165) is 64.2 Å². The Morgan fingerprint density at radius 1 is 0.255 bits per heavy atom. The minimum absolute atomic E-state index is 0.192. The molecule has 6 N–H and O–H groups in total. The summed E-state index contributed by atoms with van der Waals surface area (Å²) in [6.07, 6.45) is 64.1. The second-order valence-corrected chi connectivity index (χ2v) is 31.7. The number of hydrogen-bond donors (Lipinski definition) is 6. The first-order chi connectivity index (χ1) is 49.5. The standard InChI is InChI=1S/2C40H79O10P/c2*1-3-5-7-9-11-13-15-17-19-21-23-25-27-29-31-39(43)47-35-38(36-49-51(45,46)48-34-37(42)33-41)50-40(44)32-30-28-26-24-22-20-18-16-14-12-10-8-6-4-2/h2*37-38,41-42H,3-36H2,1-2H3,(H,45,46)/t2*37?,38-/m11/s1. The minimum Gasteiger partial charge on any atom is -0.462 e. The molecule has 0 aliphatic carbocycles. The molecule has 20 nitrogen and oxygen atoms in total. The van der Waals surface area contributed by atoms with E-state index in [4.69, 9.17) is 38.2 Å². The van der Waals surface area contributed by atoms with Gasteiger partial charge in [-0.3, -0.25) is 37.3 Å². The lowest BCUT2D eigenvalue weighted by Gasteiger charge is -2.20. The van der Waals surface area contributed by atoms with Gasteiger partial charge in [0, 0.05) is 25.7 Å². The van der Waals surface area contributed by atoms with Gasteiger partial charge in [0.15, 0.2) is 12.2 Å². The highest BCUT2D eigenvalue weighted by molar-refractivity contribution is 7.47. The lowest BCUT2D eigenvalue weighted by Crippen LogP contribution is -2.29. The van der Waals surface area contributed by atoms with Gasteiger partial charge in [-0.05, 0) is 25.7 Å². The fourth-order valence-corrected chi connectivity index (χ4v) is 13.6. The Morgan fingerprint density at radius 3 is 0.608 bits per heavy atom. The molecule has 0 fully saturated rings. The highest BCUT2D eigenvalue weighted by atomic mass is 31.2. The molecule has 6 atom stereocenters. The largest absolute Gasteiger partial charge is 0.472 e. The van der Waals surface area contributed by atoms with Gasteiger partial charge in [-0.25, -0.2) is 9.13 Å². The maximum atomic E-state index is 12.6. The van der Waals surface area contributed by atoms with Crippen LogP contribution in [-0.2, 0) is 65.4 Å². The van der Waals surface area contributed by atoms with Gasteiger partial charge < -0.3 is 49.2 Å². The Kier molecular flexibility index (Phi) is 78.5. The highest BCUT2D eigenvalue weighted by Gasteiger charge is 2.29. The van der Waals surface area contributed by atoms with Gasteiger partial charge in [0.25, 0.3) is 0 Å². The summed E-state index contributed by atoms with van der Waals surface area (Å²) in [6.45, 7) is 4.81. The molecule has 0 saturated heterocycles. The van der Waals surface area contributed by atoms with Crippen LogP contribution in [0.3, 0.4) is 0 Å². The monoisotopic (exact) mass is 1500 g/mol. The summed E-state index contributed by atoms with van der Waals surface area (Å²) in [5.74, 6) is -1.82. The van der Waals surface area contributed by atoms with Crippen molar-refractivity contribution in [3.05, 3.63) is 0 Å². The molecule has 22 heteroatoms. The molecule has 0 heterocycles. The molecule has 0 aliphatic rings. The molecule has 0 spiro atoms. The summed E-state index contributed by atoms with van der Waals surface area (Å²) >= 11 is 0. The number of hydrogen-bond acceptors (Lipinski definition) is 18. The molecule has 0 bridgehead atoms. The molecule has 0 saturated carbocycles. The first-order valence-corrected chi connectivity index (χ1v) is 45.0. The predicted octanol–water partition coefficient (Wildman–Crippen LogP) is 21.3. The third kappa shape index (κ3) is 79.0. The molecule has 102 heavy (non-hydrogen) atoms. The Hall–Kier alpha value is -2.06. The van der Waals surface area contributed by atoms with Crippen LogP contribution in [0.5, 0.6) is 0 Å². The van der Waals surface area contributed by atoms with Gasteiger partial charge in [-0.1, -0.05) is 362 Å². The number of phosphoric acid groups is 2. The molecule has 0 aliphatic heterocycles. The Balaban J connectivity index is 0. The van der Waals surface area contributed by atoms with E-state index in [9.17, 15) is 48.3 Å². The minimum atomic E-state index is -4.60. The maximum Gasteiger partial charge on any atom is 0.472 e. The zero-order valence-electron chi connectivity index (χ0n) is 65.7. The summed E-state index contributed by atoms with van der Waals surface area (Å²) in [7, 11) is -9.21. The molecular formula is C80H158O20P2. The number of esters is 4. The molecular weight excluding hydrogens is 1340 g/mol. The van der Waals surface area contributed by atoms with E-state index >= 15 is 0 Å². The van der Waals surface area contributed by atoms with E-state index < -0.39 is 104 Å². The lowest BCUT2D eigenvalue weighted by atomic mass is 10.0. The van der Waals surface area contributed by atoms with E-state index in [1.807, 2.05) is 0 Å². The van der Waals surface area contributed by atoms with Crippen LogP contribution in [-0.4, -0.2) is 131 Å². The Morgan fingerprint density at radius 2 is 0.422 bits per heavy atom. The van der Waals surface area contributed by atoms with Crippen LogP contribution in [0.15, 0.2) is 0 Å². The van der Waals surface area contributed by atoms with Crippen LogP contribution in [0.25, 0.3) is 0 Å². The fourth-order valence-electron chi connectivity index (χ4n) is 12.0. The van der Waals surface area contributed by atoms with Crippen LogP contribution < -0.4 is 0 Å². The van der Waals surface area contributed by atoms with Crippen molar-refractivity contribution in [3.8, 4) is 0 Å². The van der Waals surface area contributed by atoms with Gasteiger partial charge in [-0.2, -0.15) is 0 Å². The van der Waals surface area contributed by atoms with Crippen molar-refractivity contribution in [1.82, 2.24) is 0 Å². The average molecular weight is 1500 g/mol. The zero-order valence-corrected chi connectivity index (χ0v) is 67.5. The summed E-state index contributed by atoms with van der Waals surface area (Å²) in [4.78, 5) is 69.8. The second kappa shape index (κ2) is 78.5. The molecule has 0 aromatic heterocycles. The van der Waals surface area contributed by atoms with Crippen molar-refractivity contribution >= 4 is 39.5 Å². The number of aliphatic hydroxyl groups is 4. The first kappa shape index (κ1) is 102. The summed E-state index contributed by atoms with van der Waals surface area (Å²) in [5, 5.41) is 36.6. The third-order valence-corrected chi connectivity index (χ3v) is 20.4. The predicted molar refractivity (Wildman–Crippen MR) is 411 cm³/mol. The van der Waals surface area contributed by atoms with E-state index in [2.05, 4.69) is 36.7 Å². The SMILES string of the molecule is CCCCCCCCCCCCCCCCC(=O)OC[C@H](COP(=O)(O)OCC(O)CO)OC(=O)CCCCCCCCCCCCCCCC.CCCCCCCCCCCCCCCCC(=O)OC[C@H](COP(=O)(O)OCC(O)CO)OC(=O)CCCCCCCCCCCCCCCC. The highest BCUT2D eigenvalue weighted by Crippen LogP contribution is 2.44. The van der Waals surface area contributed by atoms with Crippen molar-refractivity contribution < 1.29 is 95.6 Å². The molecule has 0 amide bonds. The summed E-state index contributed by atoms with van der Waals surface area (Å²) in [6, 6.07) is 0. The van der Waals surface area contributed by atoms with Crippen LogP contribution in [0.2, 0.25) is 0 Å². The smallest absolute Gasteiger partial charge is 0.462 e. The van der Waals surface area contributed by atoms with E-state index in [0.29, 0.717) is 25.7 Å². The normalized spacial score (nSPS) is 13.9. The topological polar surface area (TPSA) is 298 Å². The Bertz CT molecular complexity index is 1790. The molecule has 0 rings (SSSR count). The number of phosphoric ester groups is 2.